The van der Waals surface area contributed by atoms with Crippen molar-refractivity contribution in [1.82, 2.24) is 10.6 Å². The highest BCUT2D eigenvalue weighted by Gasteiger charge is 2.53. The molecule has 0 aliphatic heterocycles. The summed E-state index contributed by atoms with van der Waals surface area (Å²) >= 11 is 0. The van der Waals surface area contributed by atoms with Crippen molar-refractivity contribution in [3.63, 3.8) is 0 Å². The number of nitrogens with zero attached hydrogens (tertiary/aromatic N) is 1. The molecular formula is C33H40F3N4O4S+. The molecule has 4 N–H and O–H groups in total. The van der Waals surface area contributed by atoms with Crippen molar-refractivity contribution in [2.45, 2.75) is 69.2 Å². The molecule has 0 fully saturated rings. The Morgan fingerprint density at radius 1 is 1.02 bits per heavy atom. The number of aryl methyl sites for hydroxylation is 1. The van der Waals surface area contributed by atoms with Crippen molar-refractivity contribution in [3.05, 3.63) is 101 Å². The fourth-order valence-corrected chi connectivity index (χ4v) is 7.54. The van der Waals surface area contributed by atoms with E-state index in [9.17, 15) is 31.2 Å². The van der Waals surface area contributed by atoms with E-state index < -0.39 is 54.9 Å². The highest BCUT2D eigenvalue weighted by Crippen LogP contribution is 2.39. The molecule has 8 nitrogen and oxygen atoms in total. The number of benzene rings is 3. The molecule has 4 rings (SSSR count). The number of nitrogens with one attached hydrogen (secondary N) is 2. The Kier molecular flexibility index (Phi) is 10.4. The van der Waals surface area contributed by atoms with E-state index in [4.69, 9.17) is 5.73 Å². The van der Waals surface area contributed by atoms with Gasteiger partial charge >= 0.3 is 22.2 Å². The number of rotatable bonds is 11. The van der Waals surface area contributed by atoms with Gasteiger partial charge in [-0.15, -0.1) is 3.89 Å². The zero-order chi connectivity index (χ0) is 33.0. The minimum Gasteiger partial charge on any atom is -0.349 e. The standard InChI is InChI=1S/C33H39F3N4O4S/c1-22(2)20-38-21-23-15-16-28-25(17-23)11-7-14-29(28)39-31(41)19-30(24-9-5-4-6-10-24)40(3,32(37)42)45(43,44)27-13-8-12-26(18-27)33(34,35)36/h4-6,8-10,12-13,15-18,22,29-30,38H,7,11,14,19-21H2,1-3H3,(H2-,37,39,41,42)/p+1. The maximum atomic E-state index is 14.0. The number of halogens is 3. The van der Waals surface area contributed by atoms with Gasteiger partial charge in [0, 0.05) is 12.1 Å². The van der Waals surface area contributed by atoms with Crippen LogP contribution in [0.2, 0.25) is 0 Å². The highest BCUT2D eigenvalue weighted by atomic mass is 32.2. The molecule has 0 aromatic heterocycles. The van der Waals surface area contributed by atoms with Crippen LogP contribution in [0.3, 0.4) is 0 Å². The summed E-state index contributed by atoms with van der Waals surface area (Å²) in [7, 11) is -3.88. The Morgan fingerprint density at radius 3 is 2.38 bits per heavy atom. The molecule has 3 unspecified atom stereocenters. The minimum atomic E-state index is -4.90. The zero-order valence-corrected chi connectivity index (χ0v) is 26.4. The van der Waals surface area contributed by atoms with Gasteiger partial charge < -0.3 is 16.4 Å². The lowest BCUT2D eigenvalue weighted by Gasteiger charge is -2.36. The van der Waals surface area contributed by atoms with Gasteiger partial charge in [0.1, 0.15) is 10.9 Å². The van der Waals surface area contributed by atoms with Crippen molar-refractivity contribution in [3.8, 4) is 0 Å². The van der Waals surface area contributed by atoms with Crippen molar-refractivity contribution in [2.75, 3.05) is 13.6 Å². The van der Waals surface area contributed by atoms with E-state index in [2.05, 4.69) is 30.5 Å². The Labute approximate surface area is 262 Å². The molecule has 0 spiro atoms. The summed E-state index contributed by atoms with van der Waals surface area (Å²) in [6, 6.07) is 14.3. The van der Waals surface area contributed by atoms with Crippen LogP contribution >= 0.6 is 0 Å². The minimum absolute atomic E-state index is 0.312. The van der Waals surface area contributed by atoms with Gasteiger partial charge in [-0.2, -0.15) is 21.6 Å². The summed E-state index contributed by atoms with van der Waals surface area (Å²) in [4.78, 5) is 26.0. The van der Waals surface area contributed by atoms with E-state index in [1.807, 2.05) is 12.1 Å². The third-order valence-corrected chi connectivity index (χ3v) is 10.6. The number of primary amides is 1. The third-order valence-electron chi connectivity index (χ3n) is 8.29. The highest BCUT2D eigenvalue weighted by molar-refractivity contribution is 7.86. The molecule has 3 aromatic carbocycles. The molecule has 3 atom stereocenters. The molecule has 1 aliphatic carbocycles. The van der Waals surface area contributed by atoms with Crippen LogP contribution in [0.15, 0.2) is 77.7 Å². The predicted octanol–water partition coefficient (Wildman–Crippen LogP) is 5.99. The van der Waals surface area contributed by atoms with Crippen LogP contribution in [0.5, 0.6) is 0 Å². The number of amides is 3. The lowest BCUT2D eigenvalue weighted by atomic mass is 9.86. The number of hydrogen-bond acceptors (Lipinski definition) is 5. The van der Waals surface area contributed by atoms with Crippen molar-refractivity contribution in [2.24, 2.45) is 11.7 Å². The second-order valence-electron chi connectivity index (χ2n) is 12.0. The van der Waals surface area contributed by atoms with Gasteiger partial charge in [0.15, 0.2) is 0 Å². The van der Waals surface area contributed by atoms with Crippen LogP contribution in [0.1, 0.15) is 73.0 Å². The Hall–Kier alpha value is -3.74. The summed E-state index contributed by atoms with van der Waals surface area (Å²) in [5, 5.41) is 6.46. The van der Waals surface area contributed by atoms with E-state index in [1.54, 1.807) is 30.3 Å². The summed E-state index contributed by atoms with van der Waals surface area (Å²) in [5.74, 6) is 0.00578. The Morgan fingerprint density at radius 2 is 1.73 bits per heavy atom. The number of hydrogen-bond donors (Lipinski definition) is 3. The molecular weight excluding hydrogens is 605 g/mol. The van der Waals surface area contributed by atoms with Gasteiger partial charge in [-0.05, 0) is 66.6 Å². The largest absolute Gasteiger partial charge is 0.429 e. The van der Waals surface area contributed by atoms with Crippen LogP contribution in [-0.4, -0.2) is 37.8 Å². The second kappa shape index (κ2) is 13.7. The number of fused-ring (bicyclic) bond motifs is 1. The van der Waals surface area contributed by atoms with E-state index in [0.29, 0.717) is 24.0 Å². The number of sulfonamides is 1. The fraction of sp³-hybridized carbons (Fsp3) is 0.394. The second-order valence-corrected chi connectivity index (χ2v) is 14.2. The number of urea groups is 1. The maximum absolute atomic E-state index is 14.0. The molecule has 0 heterocycles. The molecule has 242 valence electrons. The molecule has 12 heteroatoms. The lowest BCUT2D eigenvalue weighted by molar-refractivity contribution is -0.734. The van der Waals surface area contributed by atoms with Crippen molar-refractivity contribution >= 4 is 22.0 Å². The van der Waals surface area contributed by atoms with Gasteiger partial charge in [0.05, 0.1) is 25.1 Å². The Balaban J connectivity index is 1.65. The molecule has 0 radical (unpaired) electrons. The van der Waals surface area contributed by atoms with Gasteiger partial charge in [0.25, 0.3) is 0 Å². The smallest absolute Gasteiger partial charge is 0.349 e. The lowest BCUT2D eigenvalue weighted by Crippen LogP contribution is -2.59. The number of carbonyl (C=O) groups is 2. The number of alkyl halides is 3. The quantitative estimate of drug-likeness (QED) is 0.222. The number of quaternary nitrogens is 1. The molecule has 3 aromatic rings. The summed E-state index contributed by atoms with van der Waals surface area (Å²) < 4.78 is 67.0. The van der Waals surface area contributed by atoms with Crippen LogP contribution in [0, 0.1) is 5.92 Å². The average Bonchev–Trinajstić information content (AvgIpc) is 2.99. The first-order valence-electron chi connectivity index (χ1n) is 14.9. The van der Waals surface area contributed by atoms with Gasteiger partial charge in [-0.25, -0.2) is 4.79 Å². The topological polar surface area (TPSA) is 118 Å². The van der Waals surface area contributed by atoms with Crippen LogP contribution in [-0.2, 0) is 34.0 Å². The summed E-state index contributed by atoms with van der Waals surface area (Å²) in [5.41, 5.74) is 8.10. The SMILES string of the molecule is CC(C)CNCc1ccc2c(c1)CCCC2NC(=O)CC(c1ccccc1)[N+](C)(C(N)=O)S(=O)(=O)c1cccc(C(F)(F)F)c1. The van der Waals surface area contributed by atoms with E-state index in [1.165, 1.54) is 0 Å². The molecule has 0 saturated carbocycles. The first-order chi connectivity index (χ1) is 21.1. The molecule has 1 aliphatic rings. The van der Waals surface area contributed by atoms with E-state index in [-0.39, 0.29) is 6.04 Å². The third kappa shape index (κ3) is 7.57. The first kappa shape index (κ1) is 34.1. The van der Waals surface area contributed by atoms with Crippen LogP contribution < -0.4 is 16.4 Å². The Bertz CT molecular complexity index is 1630. The monoisotopic (exact) mass is 645 g/mol. The average molecular weight is 646 g/mol. The maximum Gasteiger partial charge on any atom is 0.429 e. The fourth-order valence-electron chi connectivity index (χ4n) is 5.80. The first-order valence-corrected chi connectivity index (χ1v) is 16.3. The molecule has 45 heavy (non-hydrogen) atoms. The zero-order valence-electron chi connectivity index (χ0n) is 25.6. The molecule has 0 saturated heterocycles. The van der Waals surface area contributed by atoms with E-state index >= 15 is 0 Å². The van der Waals surface area contributed by atoms with Crippen molar-refractivity contribution < 1.29 is 35.1 Å². The van der Waals surface area contributed by atoms with Crippen LogP contribution in [0.25, 0.3) is 0 Å². The molecule has 0 bridgehead atoms. The van der Waals surface area contributed by atoms with Gasteiger partial charge in [0.2, 0.25) is 5.91 Å². The molecule has 3 amide bonds. The normalized spacial score (nSPS) is 17.3. The van der Waals surface area contributed by atoms with Crippen LogP contribution in [0.4, 0.5) is 18.0 Å². The van der Waals surface area contributed by atoms with Gasteiger partial charge in [-0.1, -0.05) is 68.4 Å². The number of nitrogens with two attached hydrogens (primary N) is 1. The predicted molar refractivity (Wildman–Crippen MR) is 165 cm³/mol. The summed E-state index contributed by atoms with van der Waals surface area (Å²) in [6.45, 7) is 5.90. The number of carbonyl (C=O) groups excluding carboxylic acids is 2. The van der Waals surface area contributed by atoms with E-state index in [0.717, 1.165) is 67.9 Å². The van der Waals surface area contributed by atoms with Crippen molar-refractivity contribution in [1.29, 1.82) is 0 Å². The summed E-state index contributed by atoms with van der Waals surface area (Å²) in [6.07, 6.45) is -2.92. The van der Waals surface area contributed by atoms with Gasteiger partial charge in [-0.3, -0.25) is 4.79 Å².